The molecule has 0 unspecified atom stereocenters. The van der Waals surface area contributed by atoms with Crippen LogP contribution in [-0.4, -0.2) is 41.4 Å². The fourth-order valence-corrected chi connectivity index (χ4v) is 2.63. The molecule has 1 heterocycles. The average molecular weight is 365 g/mol. The van der Waals surface area contributed by atoms with Crippen molar-refractivity contribution in [1.29, 1.82) is 0 Å². The summed E-state index contributed by atoms with van der Waals surface area (Å²) in [4.78, 5) is 37.5. The topological polar surface area (TPSA) is 90.9 Å². The molecule has 0 spiro atoms. The molecule has 1 aromatic carbocycles. The van der Waals surface area contributed by atoms with E-state index >= 15 is 0 Å². The average Bonchev–Trinajstić information content (AvgIpc) is 3.11. The summed E-state index contributed by atoms with van der Waals surface area (Å²) in [6, 6.07) is 5.02. The number of hydrogen-bond acceptors (Lipinski definition) is 4. The van der Waals surface area contributed by atoms with Crippen LogP contribution in [0.2, 0.25) is 5.02 Å². The lowest BCUT2D eigenvalue weighted by Crippen LogP contribution is -2.34. The third kappa shape index (κ3) is 5.29. The van der Waals surface area contributed by atoms with Crippen LogP contribution in [0.15, 0.2) is 23.3 Å². The fourth-order valence-electron chi connectivity index (χ4n) is 2.46. The lowest BCUT2D eigenvalue weighted by atomic mass is 10.2. The third-order valence-corrected chi connectivity index (χ3v) is 4.35. The second-order valence-corrected chi connectivity index (χ2v) is 6.33. The lowest BCUT2D eigenvalue weighted by molar-refractivity contribution is -0.136. The van der Waals surface area contributed by atoms with Crippen molar-refractivity contribution in [3.63, 3.8) is 0 Å². The van der Waals surface area contributed by atoms with Crippen LogP contribution < -0.4 is 10.7 Å². The second kappa shape index (κ2) is 8.62. The Morgan fingerprint density at radius 3 is 2.56 bits per heavy atom. The SMILES string of the molecule is CC(CC(=O)N1CCCC1)=NNC(=O)C(=O)Nc1cccc(Cl)c1C. The Morgan fingerprint density at radius 1 is 1.20 bits per heavy atom. The van der Waals surface area contributed by atoms with Crippen molar-refractivity contribution in [1.82, 2.24) is 10.3 Å². The number of carbonyl (C=O) groups is 3. The van der Waals surface area contributed by atoms with Gasteiger partial charge in [-0.1, -0.05) is 17.7 Å². The zero-order chi connectivity index (χ0) is 18.4. The maximum Gasteiger partial charge on any atom is 0.329 e. The molecule has 1 fully saturated rings. The van der Waals surface area contributed by atoms with E-state index < -0.39 is 11.8 Å². The van der Waals surface area contributed by atoms with Gasteiger partial charge >= 0.3 is 11.8 Å². The van der Waals surface area contributed by atoms with Crippen molar-refractivity contribution in [2.45, 2.75) is 33.1 Å². The predicted molar refractivity (Wildman–Crippen MR) is 96.5 cm³/mol. The summed E-state index contributed by atoms with van der Waals surface area (Å²) in [5, 5.41) is 6.79. The first kappa shape index (κ1) is 18.9. The Bertz CT molecular complexity index is 712. The Balaban J connectivity index is 1.86. The maximum absolute atomic E-state index is 12.0. The quantitative estimate of drug-likeness (QED) is 0.487. The van der Waals surface area contributed by atoms with Gasteiger partial charge < -0.3 is 10.2 Å². The molecule has 1 aliphatic heterocycles. The Morgan fingerprint density at radius 2 is 1.88 bits per heavy atom. The van der Waals surface area contributed by atoms with Crippen LogP contribution in [0.5, 0.6) is 0 Å². The lowest BCUT2D eigenvalue weighted by Gasteiger charge is -2.14. The number of hydrogen-bond donors (Lipinski definition) is 2. The standard InChI is InChI=1S/C17H21ClN4O3/c1-11(10-15(23)22-8-3-4-9-22)20-21-17(25)16(24)19-14-7-5-6-13(18)12(14)2/h5-7H,3-4,8-10H2,1-2H3,(H,19,24)(H,21,25). The molecule has 0 radical (unpaired) electrons. The minimum atomic E-state index is -0.910. The number of hydrazone groups is 1. The van der Waals surface area contributed by atoms with Crippen LogP contribution in [0.3, 0.4) is 0 Å². The molecule has 1 saturated heterocycles. The Labute approximate surface area is 151 Å². The summed E-state index contributed by atoms with van der Waals surface area (Å²) >= 11 is 5.97. The van der Waals surface area contributed by atoms with Gasteiger partial charge in [-0.25, -0.2) is 5.43 Å². The van der Waals surface area contributed by atoms with Crippen molar-refractivity contribution in [3.05, 3.63) is 28.8 Å². The van der Waals surface area contributed by atoms with Crippen LogP contribution in [0.1, 0.15) is 31.7 Å². The number of likely N-dealkylation sites (tertiary alicyclic amines) is 1. The number of rotatable bonds is 4. The van der Waals surface area contributed by atoms with Crippen molar-refractivity contribution >= 4 is 40.7 Å². The highest BCUT2D eigenvalue weighted by Crippen LogP contribution is 2.22. The minimum Gasteiger partial charge on any atom is -0.342 e. The van der Waals surface area contributed by atoms with Crippen molar-refractivity contribution in [2.75, 3.05) is 18.4 Å². The molecule has 0 aromatic heterocycles. The van der Waals surface area contributed by atoms with Gasteiger partial charge in [-0.05, 0) is 44.4 Å². The zero-order valence-electron chi connectivity index (χ0n) is 14.3. The fraction of sp³-hybridized carbons (Fsp3) is 0.412. The molecule has 0 aliphatic carbocycles. The molecule has 8 heteroatoms. The van der Waals surface area contributed by atoms with E-state index in [0.717, 1.165) is 25.9 Å². The molecule has 2 rings (SSSR count). The summed E-state index contributed by atoms with van der Waals surface area (Å²) < 4.78 is 0. The van der Waals surface area contributed by atoms with Gasteiger partial charge in [0.15, 0.2) is 0 Å². The maximum atomic E-state index is 12.0. The summed E-state index contributed by atoms with van der Waals surface area (Å²) in [6.45, 7) is 4.90. The highest BCUT2D eigenvalue weighted by molar-refractivity contribution is 6.40. The molecule has 1 aromatic rings. The first-order valence-corrected chi connectivity index (χ1v) is 8.43. The number of anilines is 1. The van der Waals surface area contributed by atoms with Crippen molar-refractivity contribution < 1.29 is 14.4 Å². The molecule has 0 saturated carbocycles. The zero-order valence-corrected chi connectivity index (χ0v) is 15.0. The number of nitrogens with one attached hydrogen (secondary N) is 2. The van der Waals surface area contributed by atoms with Crippen LogP contribution in [-0.2, 0) is 14.4 Å². The minimum absolute atomic E-state index is 0.0213. The van der Waals surface area contributed by atoms with E-state index in [9.17, 15) is 14.4 Å². The van der Waals surface area contributed by atoms with E-state index in [1.165, 1.54) is 0 Å². The Hall–Kier alpha value is -2.41. The molecular formula is C17H21ClN4O3. The molecule has 0 atom stereocenters. The number of halogens is 1. The number of carbonyl (C=O) groups excluding carboxylic acids is 3. The highest BCUT2D eigenvalue weighted by Gasteiger charge is 2.19. The van der Waals surface area contributed by atoms with E-state index in [1.807, 2.05) is 0 Å². The predicted octanol–water partition coefficient (Wildman–Crippen LogP) is 2.09. The number of nitrogens with zero attached hydrogens (tertiary/aromatic N) is 2. The van der Waals surface area contributed by atoms with Gasteiger partial charge in [0.05, 0.1) is 6.42 Å². The van der Waals surface area contributed by atoms with Gasteiger partial charge in [0.2, 0.25) is 5.91 Å². The van der Waals surface area contributed by atoms with E-state index in [1.54, 1.807) is 36.9 Å². The van der Waals surface area contributed by atoms with Gasteiger partial charge in [-0.2, -0.15) is 5.10 Å². The van der Waals surface area contributed by atoms with E-state index in [0.29, 0.717) is 22.0 Å². The highest BCUT2D eigenvalue weighted by atomic mass is 35.5. The summed E-state index contributed by atoms with van der Waals surface area (Å²) in [6.07, 6.45) is 2.15. The number of benzene rings is 1. The summed E-state index contributed by atoms with van der Waals surface area (Å²) in [5.74, 6) is -1.79. The van der Waals surface area contributed by atoms with Gasteiger partial charge in [0, 0.05) is 29.5 Å². The van der Waals surface area contributed by atoms with Gasteiger partial charge in [-0.15, -0.1) is 0 Å². The largest absolute Gasteiger partial charge is 0.342 e. The first-order valence-electron chi connectivity index (χ1n) is 8.06. The third-order valence-electron chi connectivity index (χ3n) is 3.94. The van der Waals surface area contributed by atoms with Gasteiger partial charge in [0.1, 0.15) is 0 Å². The molecule has 3 amide bonds. The summed E-state index contributed by atoms with van der Waals surface area (Å²) in [7, 11) is 0. The van der Waals surface area contributed by atoms with Crippen molar-refractivity contribution in [3.8, 4) is 0 Å². The molecule has 0 bridgehead atoms. The molecular weight excluding hydrogens is 344 g/mol. The molecule has 7 nitrogen and oxygen atoms in total. The molecule has 134 valence electrons. The second-order valence-electron chi connectivity index (χ2n) is 5.92. The smallest absolute Gasteiger partial charge is 0.329 e. The monoisotopic (exact) mass is 364 g/mol. The van der Waals surface area contributed by atoms with Gasteiger partial charge in [-0.3, -0.25) is 14.4 Å². The first-order chi connectivity index (χ1) is 11.9. The molecule has 2 N–H and O–H groups in total. The van der Waals surface area contributed by atoms with Crippen LogP contribution in [0.4, 0.5) is 5.69 Å². The summed E-state index contributed by atoms with van der Waals surface area (Å²) in [5.41, 5.74) is 3.73. The van der Waals surface area contributed by atoms with E-state index in [-0.39, 0.29) is 12.3 Å². The normalized spacial score (nSPS) is 14.4. The molecule has 25 heavy (non-hydrogen) atoms. The number of amides is 3. The van der Waals surface area contributed by atoms with E-state index in [4.69, 9.17) is 11.6 Å². The van der Waals surface area contributed by atoms with Crippen LogP contribution >= 0.6 is 11.6 Å². The van der Waals surface area contributed by atoms with E-state index in [2.05, 4.69) is 15.8 Å². The van der Waals surface area contributed by atoms with Crippen LogP contribution in [0.25, 0.3) is 0 Å². The van der Waals surface area contributed by atoms with Gasteiger partial charge in [0.25, 0.3) is 0 Å². The van der Waals surface area contributed by atoms with Crippen LogP contribution in [0, 0.1) is 6.92 Å². The molecule has 1 aliphatic rings. The Kier molecular flexibility index (Phi) is 6.52. The van der Waals surface area contributed by atoms with Crippen molar-refractivity contribution in [2.24, 2.45) is 5.10 Å².